The van der Waals surface area contributed by atoms with Crippen molar-refractivity contribution in [2.45, 2.75) is 26.3 Å². The number of esters is 1. The van der Waals surface area contributed by atoms with Crippen LogP contribution in [0.4, 0.5) is 4.79 Å². The van der Waals surface area contributed by atoms with E-state index in [1.165, 1.54) is 6.08 Å². The molecule has 28 heavy (non-hydrogen) atoms. The zero-order valence-electron chi connectivity index (χ0n) is 16.6. The molecule has 1 aromatic rings. The Labute approximate surface area is 165 Å². The van der Waals surface area contributed by atoms with Gasteiger partial charge in [0.2, 0.25) is 0 Å². The van der Waals surface area contributed by atoms with Crippen molar-refractivity contribution >= 4 is 12.0 Å². The molecule has 1 aliphatic rings. The molecule has 0 radical (unpaired) electrons. The lowest BCUT2D eigenvalue weighted by Crippen LogP contribution is -2.51. The van der Waals surface area contributed by atoms with Gasteiger partial charge in [0.1, 0.15) is 12.5 Å². The molecular formula is C21H28N2O5. The zero-order valence-corrected chi connectivity index (χ0v) is 16.6. The molecule has 1 aromatic carbocycles. The van der Waals surface area contributed by atoms with E-state index < -0.39 is 24.0 Å². The number of benzene rings is 1. The summed E-state index contributed by atoms with van der Waals surface area (Å²) in [7, 11) is 1.55. The molecule has 1 aliphatic heterocycles. The smallest absolute Gasteiger partial charge is 0.319 e. The molecule has 7 nitrogen and oxygen atoms in total. The first-order chi connectivity index (χ1) is 13.4. The van der Waals surface area contributed by atoms with Gasteiger partial charge in [-0.2, -0.15) is 0 Å². The zero-order chi connectivity index (χ0) is 20.7. The van der Waals surface area contributed by atoms with Crippen molar-refractivity contribution in [3.8, 4) is 11.5 Å². The van der Waals surface area contributed by atoms with Gasteiger partial charge < -0.3 is 24.8 Å². The number of amides is 2. The predicted molar refractivity (Wildman–Crippen MR) is 106 cm³/mol. The van der Waals surface area contributed by atoms with Gasteiger partial charge in [-0.1, -0.05) is 39.1 Å². The molecule has 0 spiro atoms. The normalized spacial score (nSPS) is 18.9. The lowest BCUT2D eigenvalue weighted by atomic mass is 9.89. The first kappa shape index (κ1) is 21.3. The summed E-state index contributed by atoms with van der Waals surface area (Å²) in [6, 6.07) is 4.25. The van der Waals surface area contributed by atoms with Crippen LogP contribution in [-0.2, 0) is 9.53 Å². The summed E-state index contributed by atoms with van der Waals surface area (Å²) in [5.74, 6) is 0.381. The Hall–Kier alpha value is -2.96. The predicted octanol–water partition coefficient (Wildman–Crippen LogP) is 3.33. The molecule has 0 aromatic heterocycles. The fraction of sp³-hybridized carbons (Fsp3) is 0.429. The quantitative estimate of drug-likeness (QED) is 0.501. The minimum Gasteiger partial charge on any atom is -0.493 e. The maximum absolute atomic E-state index is 12.5. The van der Waals surface area contributed by atoms with Crippen LogP contribution in [0, 0.1) is 11.8 Å². The number of ether oxygens (including phenoxy) is 3. The Morgan fingerprint density at radius 2 is 2.07 bits per heavy atom. The van der Waals surface area contributed by atoms with E-state index in [1.54, 1.807) is 25.3 Å². The van der Waals surface area contributed by atoms with Gasteiger partial charge in [0.15, 0.2) is 11.5 Å². The van der Waals surface area contributed by atoms with E-state index in [0.717, 1.165) is 6.42 Å². The average molecular weight is 388 g/mol. The first-order valence-electron chi connectivity index (χ1n) is 9.22. The van der Waals surface area contributed by atoms with E-state index in [-0.39, 0.29) is 12.3 Å². The number of hydrogen-bond acceptors (Lipinski definition) is 5. The summed E-state index contributed by atoms with van der Waals surface area (Å²) < 4.78 is 16.4. The Morgan fingerprint density at radius 1 is 1.32 bits per heavy atom. The van der Waals surface area contributed by atoms with E-state index >= 15 is 0 Å². The maximum Gasteiger partial charge on any atom is 0.319 e. The van der Waals surface area contributed by atoms with Gasteiger partial charge in [0, 0.05) is 5.70 Å². The lowest BCUT2D eigenvalue weighted by Gasteiger charge is -2.33. The summed E-state index contributed by atoms with van der Waals surface area (Å²) in [4.78, 5) is 24.5. The van der Waals surface area contributed by atoms with Gasteiger partial charge in [-0.3, -0.25) is 4.79 Å². The number of hydrogen-bond donors (Lipinski definition) is 2. The van der Waals surface area contributed by atoms with E-state index in [1.807, 2.05) is 0 Å². The standard InChI is InChI=1S/C21H28N2O5/c1-6-10-28-20(24)18-14(4)22-21(25)23-19(18)15-7-8-16(17(12-15)26-5)27-11-9-13(2)3/h6-8,12-13,18-19H,1,4,9-11H2,2-3,5H3,(H2,22,23,25)/t18-,19+/m1/s1. The highest BCUT2D eigenvalue weighted by Gasteiger charge is 2.39. The molecule has 152 valence electrons. The third-order valence-electron chi connectivity index (χ3n) is 4.37. The Bertz CT molecular complexity index is 744. The third kappa shape index (κ3) is 5.28. The van der Waals surface area contributed by atoms with Crippen molar-refractivity contribution in [1.29, 1.82) is 0 Å². The van der Waals surface area contributed by atoms with Gasteiger partial charge in [-0.15, -0.1) is 0 Å². The number of urea groups is 1. The van der Waals surface area contributed by atoms with Crippen LogP contribution in [-0.4, -0.2) is 32.3 Å². The van der Waals surface area contributed by atoms with Crippen molar-refractivity contribution in [2.75, 3.05) is 20.3 Å². The first-order valence-corrected chi connectivity index (χ1v) is 9.22. The second-order valence-corrected chi connectivity index (χ2v) is 6.94. The highest BCUT2D eigenvalue weighted by Crippen LogP contribution is 2.36. The van der Waals surface area contributed by atoms with Gasteiger partial charge in [0.05, 0.1) is 19.8 Å². The van der Waals surface area contributed by atoms with Crippen LogP contribution in [0.1, 0.15) is 31.9 Å². The average Bonchev–Trinajstić information content (AvgIpc) is 2.65. The molecular weight excluding hydrogens is 360 g/mol. The molecule has 0 aliphatic carbocycles. The van der Waals surface area contributed by atoms with Crippen LogP contribution >= 0.6 is 0 Å². The minimum absolute atomic E-state index is 0.0786. The molecule has 0 unspecified atom stereocenters. The van der Waals surface area contributed by atoms with Crippen molar-refractivity contribution in [1.82, 2.24) is 10.6 Å². The number of nitrogens with one attached hydrogen (secondary N) is 2. The van der Waals surface area contributed by atoms with E-state index in [4.69, 9.17) is 14.2 Å². The van der Waals surface area contributed by atoms with Gasteiger partial charge in [0.25, 0.3) is 0 Å². The summed E-state index contributed by atoms with van der Waals surface area (Å²) in [6.45, 7) is 12.3. The highest BCUT2D eigenvalue weighted by atomic mass is 16.5. The Balaban J connectivity index is 2.27. The van der Waals surface area contributed by atoms with Crippen molar-refractivity contribution in [3.63, 3.8) is 0 Å². The summed E-state index contributed by atoms with van der Waals surface area (Å²) in [5, 5.41) is 5.30. The Morgan fingerprint density at radius 3 is 2.71 bits per heavy atom. The van der Waals surface area contributed by atoms with Crippen LogP contribution in [0.15, 0.2) is 43.1 Å². The van der Waals surface area contributed by atoms with Gasteiger partial charge in [-0.25, -0.2) is 4.79 Å². The third-order valence-corrected chi connectivity index (χ3v) is 4.37. The van der Waals surface area contributed by atoms with E-state index in [0.29, 0.717) is 29.6 Å². The van der Waals surface area contributed by atoms with Crippen LogP contribution in [0.3, 0.4) is 0 Å². The van der Waals surface area contributed by atoms with Crippen molar-refractivity contribution < 1.29 is 23.8 Å². The number of carbonyl (C=O) groups is 2. The fourth-order valence-electron chi connectivity index (χ4n) is 2.87. The second kappa shape index (κ2) is 9.82. The molecule has 1 saturated heterocycles. The maximum atomic E-state index is 12.5. The summed E-state index contributed by atoms with van der Waals surface area (Å²) >= 11 is 0. The SMILES string of the molecule is C=CCOC(=O)[C@@H]1C(=C)NC(=O)N[C@H]1c1ccc(OCCC(C)C)c(OC)c1. The van der Waals surface area contributed by atoms with E-state index in [2.05, 4.69) is 37.6 Å². The monoisotopic (exact) mass is 388 g/mol. The van der Waals surface area contributed by atoms with Gasteiger partial charge in [-0.05, 0) is 30.0 Å². The summed E-state index contributed by atoms with van der Waals surface area (Å²) in [6.07, 6.45) is 2.41. The molecule has 7 heteroatoms. The number of carbonyl (C=O) groups excluding carboxylic acids is 2. The largest absolute Gasteiger partial charge is 0.493 e. The molecule has 2 amide bonds. The molecule has 0 bridgehead atoms. The van der Waals surface area contributed by atoms with Crippen molar-refractivity contribution in [3.05, 3.63) is 48.7 Å². The van der Waals surface area contributed by atoms with Gasteiger partial charge >= 0.3 is 12.0 Å². The lowest BCUT2D eigenvalue weighted by molar-refractivity contribution is -0.147. The molecule has 2 N–H and O–H groups in total. The van der Waals surface area contributed by atoms with E-state index in [9.17, 15) is 9.59 Å². The van der Waals surface area contributed by atoms with Crippen molar-refractivity contribution in [2.24, 2.45) is 11.8 Å². The second-order valence-electron chi connectivity index (χ2n) is 6.94. The van der Waals surface area contributed by atoms with Crippen LogP contribution in [0.2, 0.25) is 0 Å². The molecule has 2 rings (SSSR count). The topological polar surface area (TPSA) is 85.9 Å². The number of rotatable bonds is 9. The molecule has 1 heterocycles. The molecule has 1 fully saturated rings. The molecule has 0 saturated carbocycles. The van der Waals surface area contributed by atoms with Crippen LogP contribution in [0.5, 0.6) is 11.5 Å². The number of methoxy groups -OCH3 is 1. The highest BCUT2D eigenvalue weighted by molar-refractivity contribution is 5.85. The Kier molecular flexibility index (Phi) is 7.49. The van der Waals surface area contributed by atoms with Crippen LogP contribution < -0.4 is 20.1 Å². The fourth-order valence-corrected chi connectivity index (χ4v) is 2.87. The minimum atomic E-state index is -0.782. The van der Waals surface area contributed by atoms with Crippen LogP contribution in [0.25, 0.3) is 0 Å². The summed E-state index contributed by atoms with van der Waals surface area (Å²) in [5.41, 5.74) is 0.962. The molecule has 2 atom stereocenters.